The van der Waals surface area contributed by atoms with E-state index in [1.54, 1.807) is 19.1 Å². The molecule has 5 heteroatoms. The molecule has 2 nitrogen and oxygen atoms in total. The van der Waals surface area contributed by atoms with Crippen LogP contribution < -0.4 is 0 Å². The van der Waals surface area contributed by atoms with Crippen molar-refractivity contribution in [1.29, 1.82) is 5.26 Å². The zero-order chi connectivity index (χ0) is 14.0. The summed E-state index contributed by atoms with van der Waals surface area (Å²) in [6.07, 6.45) is -4.39. The van der Waals surface area contributed by atoms with E-state index in [1.165, 1.54) is 12.1 Å². The second-order valence-electron chi connectivity index (χ2n) is 4.11. The molecule has 1 heterocycles. The quantitative estimate of drug-likeness (QED) is 0.780. The number of nitriles is 1. The molecule has 0 atom stereocenters. The molecule has 2 rings (SSSR count). The minimum atomic E-state index is -4.39. The lowest BCUT2D eigenvalue weighted by atomic mass is 10.1. The van der Waals surface area contributed by atoms with E-state index in [1.807, 2.05) is 6.07 Å². The SMILES string of the molecule is Cc1cc(C#N)nc(-c2cccc(C(F)(F)F)c2)c1. The highest BCUT2D eigenvalue weighted by molar-refractivity contribution is 5.61. The van der Waals surface area contributed by atoms with E-state index in [4.69, 9.17) is 5.26 Å². The molecule has 0 amide bonds. The third kappa shape index (κ3) is 2.91. The van der Waals surface area contributed by atoms with Crippen LogP contribution in [0.4, 0.5) is 13.2 Å². The number of rotatable bonds is 1. The van der Waals surface area contributed by atoms with Crippen molar-refractivity contribution in [3.8, 4) is 17.3 Å². The normalized spacial score (nSPS) is 11.1. The average molecular weight is 262 g/mol. The average Bonchev–Trinajstić information content (AvgIpc) is 2.37. The van der Waals surface area contributed by atoms with Crippen molar-refractivity contribution >= 4 is 0 Å². The minimum Gasteiger partial charge on any atom is -0.237 e. The van der Waals surface area contributed by atoms with Crippen molar-refractivity contribution in [3.63, 3.8) is 0 Å². The highest BCUT2D eigenvalue weighted by Gasteiger charge is 2.30. The molecule has 0 fully saturated rings. The molecule has 1 aromatic carbocycles. The molecule has 0 bridgehead atoms. The second-order valence-corrected chi connectivity index (χ2v) is 4.11. The van der Waals surface area contributed by atoms with Gasteiger partial charge >= 0.3 is 6.18 Å². The molecule has 2 aromatic rings. The Bertz CT molecular complexity index is 654. The summed E-state index contributed by atoms with van der Waals surface area (Å²) in [5, 5.41) is 8.82. The zero-order valence-electron chi connectivity index (χ0n) is 9.99. The van der Waals surface area contributed by atoms with E-state index >= 15 is 0 Å². The molecule has 0 aliphatic carbocycles. The maximum absolute atomic E-state index is 12.6. The van der Waals surface area contributed by atoms with Gasteiger partial charge in [-0.25, -0.2) is 4.98 Å². The topological polar surface area (TPSA) is 36.7 Å². The molecule has 0 unspecified atom stereocenters. The van der Waals surface area contributed by atoms with Crippen molar-refractivity contribution in [2.24, 2.45) is 0 Å². The predicted octanol–water partition coefficient (Wildman–Crippen LogP) is 3.95. The number of halogens is 3. The van der Waals surface area contributed by atoms with Gasteiger partial charge in [-0.1, -0.05) is 12.1 Å². The molecule has 19 heavy (non-hydrogen) atoms. The summed E-state index contributed by atoms with van der Waals surface area (Å²) >= 11 is 0. The maximum Gasteiger partial charge on any atom is 0.416 e. The predicted molar refractivity (Wildman–Crippen MR) is 64.1 cm³/mol. The number of pyridine rings is 1. The first-order valence-corrected chi connectivity index (χ1v) is 5.46. The molecule has 0 radical (unpaired) electrons. The lowest BCUT2D eigenvalue weighted by Crippen LogP contribution is -2.04. The summed E-state index contributed by atoms with van der Waals surface area (Å²) in [6.45, 7) is 1.76. The van der Waals surface area contributed by atoms with Crippen molar-refractivity contribution < 1.29 is 13.2 Å². The van der Waals surface area contributed by atoms with Crippen LogP contribution >= 0.6 is 0 Å². The molecular weight excluding hydrogens is 253 g/mol. The van der Waals surface area contributed by atoms with Crippen LogP contribution in [0.3, 0.4) is 0 Å². The lowest BCUT2D eigenvalue weighted by molar-refractivity contribution is -0.137. The fourth-order valence-corrected chi connectivity index (χ4v) is 1.73. The van der Waals surface area contributed by atoms with Crippen LogP contribution in [0.5, 0.6) is 0 Å². The Morgan fingerprint density at radius 1 is 1.16 bits per heavy atom. The molecule has 0 saturated heterocycles. The van der Waals surface area contributed by atoms with E-state index < -0.39 is 11.7 Å². The Hall–Kier alpha value is -2.35. The second kappa shape index (κ2) is 4.73. The Labute approximate surface area is 108 Å². The molecule has 0 aliphatic rings. The van der Waals surface area contributed by atoms with Gasteiger partial charge in [0.05, 0.1) is 11.3 Å². The Morgan fingerprint density at radius 2 is 1.89 bits per heavy atom. The van der Waals surface area contributed by atoms with Gasteiger partial charge < -0.3 is 0 Å². The fourth-order valence-electron chi connectivity index (χ4n) is 1.73. The molecule has 96 valence electrons. The number of alkyl halides is 3. The third-order valence-corrected chi connectivity index (χ3v) is 2.57. The monoisotopic (exact) mass is 262 g/mol. The highest BCUT2D eigenvalue weighted by Crippen LogP contribution is 2.31. The summed E-state index contributed by atoms with van der Waals surface area (Å²) in [7, 11) is 0. The van der Waals surface area contributed by atoms with Gasteiger partial charge in [0.15, 0.2) is 0 Å². The largest absolute Gasteiger partial charge is 0.416 e. The van der Waals surface area contributed by atoms with Gasteiger partial charge in [0.1, 0.15) is 11.8 Å². The summed E-state index contributed by atoms with van der Waals surface area (Å²) in [5.74, 6) is 0. The molecule has 0 aliphatic heterocycles. The van der Waals surface area contributed by atoms with E-state index in [-0.39, 0.29) is 5.69 Å². The van der Waals surface area contributed by atoms with Crippen LogP contribution in [0.25, 0.3) is 11.3 Å². The summed E-state index contributed by atoms with van der Waals surface area (Å²) < 4.78 is 37.9. The molecule has 0 spiro atoms. The van der Waals surface area contributed by atoms with Gasteiger partial charge in [-0.2, -0.15) is 18.4 Å². The van der Waals surface area contributed by atoms with Crippen LogP contribution in [0.2, 0.25) is 0 Å². The van der Waals surface area contributed by atoms with Crippen LogP contribution in [0.1, 0.15) is 16.8 Å². The van der Waals surface area contributed by atoms with Crippen molar-refractivity contribution in [2.45, 2.75) is 13.1 Å². The van der Waals surface area contributed by atoms with E-state index in [2.05, 4.69) is 4.98 Å². The minimum absolute atomic E-state index is 0.187. The maximum atomic E-state index is 12.6. The zero-order valence-corrected chi connectivity index (χ0v) is 9.99. The Balaban J connectivity index is 2.54. The van der Waals surface area contributed by atoms with Gasteiger partial charge in [-0.15, -0.1) is 0 Å². The number of aromatic nitrogens is 1. The van der Waals surface area contributed by atoms with Crippen LogP contribution in [0, 0.1) is 18.3 Å². The number of hydrogen-bond acceptors (Lipinski definition) is 2. The van der Waals surface area contributed by atoms with Gasteiger partial charge in [0, 0.05) is 5.56 Å². The molecule has 1 aromatic heterocycles. The van der Waals surface area contributed by atoms with E-state index in [9.17, 15) is 13.2 Å². The molecule has 0 N–H and O–H groups in total. The Kier molecular flexibility index (Phi) is 3.26. The molecule has 0 saturated carbocycles. The van der Waals surface area contributed by atoms with Gasteiger partial charge in [0.25, 0.3) is 0 Å². The van der Waals surface area contributed by atoms with Crippen molar-refractivity contribution in [1.82, 2.24) is 4.98 Å². The van der Waals surface area contributed by atoms with Crippen LogP contribution in [-0.4, -0.2) is 4.98 Å². The van der Waals surface area contributed by atoms with E-state index in [0.29, 0.717) is 11.3 Å². The first kappa shape index (κ1) is 13.1. The number of aryl methyl sites for hydroxylation is 1. The smallest absolute Gasteiger partial charge is 0.237 e. The van der Waals surface area contributed by atoms with E-state index in [0.717, 1.165) is 17.7 Å². The standard InChI is InChI=1S/C14H9F3N2/c1-9-5-12(8-18)19-13(6-9)10-3-2-4-11(7-10)14(15,16)17/h2-7H,1H3. The van der Waals surface area contributed by atoms with Gasteiger partial charge in [-0.3, -0.25) is 0 Å². The van der Waals surface area contributed by atoms with Gasteiger partial charge in [0.2, 0.25) is 0 Å². The first-order valence-electron chi connectivity index (χ1n) is 5.46. The van der Waals surface area contributed by atoms with Crippen LogP contribution in [0.15, 0.2) is 36.4 Å². The Morgan fingerprint density at radius 3 is 2.53 bits per heavy atom. The summed E-state index contributed by atoms with van der Waals surface area (Å²) in [5.41, 5.74) is 0.941. The summed E-state index contributed by atoms with van der Waals surface area (Å²) in [4.78, 5) is 4.02. The highest BCUT2D eigenvalue weighted by atomic mass is 19.4. The number of hydrogen-bond donors (Lipinski definition) is 0. The van der Waals surface area contributed by atoms with Crippen LogP contribution in [-0.2, 0) is 6.18 Å². The van der Waals surface area contributed by atoms with Gasteiger partial charge in [-0.05, 0) is 36.8 Å². The first-order chi connectivity index (χ1) is 8.90. The number of nitrogens with zero attached hydrogens (tertiary/aromatic N) is 2. The fraction of sp³-hybridized carbons (Fsp3) is 0.143. The summed E-state index contributed by atoms with van der Waals surface area (Å²) in [6, 6.07) is 10.0. The van der Waals surface area contributed by atoms with Crippen molar-refractivity contribution in [3.05, 3.63) is 53.2 Å². The number of benzene rings is 1. The lowest BCUT2D eigenvalue weighted by Gasteiger charge is -2.09. The third-order valence-electron chi connectivity index (χ3n) is 2.57. The molecular formula is C14H9F3N2. The van der Waals surface area contributed by atoms with Crippen molar-refractivity contribution in [2.75, 3.05) is 0 Å².